The summed E-state index contributed by atoms with van der Waals surface area (Å²) in [6.45, 7) is 2.10. The van der Waals surface area contributed by atoms with Gasteiger partial charge < -0.3 is 10.2 Å². The van der Waals surface area contributed by atoms with Crippen molar-refractivity contribution in [3.05, 3.63) is 53.9 Å². The molecule has 2 amide bonds. The van der Waals surface area contributed by atoms with E-state index >= 15 is 0 Å². The number of carbonyl (C=O) groups is 2. The van der Waals surface area contributed by atoms with E-state index in [1.165, 1.54) is 5.56 Å². The number of aromatic nitrogens is 2. The molecule has 1 N–H and O–H groups in total. The van der Waals surface area contributed by atoms with Crippen molar-refractivity contribution in [3.63, 3.8) is 0 Å². The SMILES string of the molecule is Cn1ccc(C(=O)N2[C@H](Cc3ccccc3)C[C@]3(C)NC(=O)CCCC[C@H]23)n1. The molecule has 0 unspecified atom stereocenters. The maximum Gasteiger partial charge on any atom is 0.274 e. The van der Waals surface area contributed by atoms with E-state index in [2.05, 4.69) is 29.5 Å². The minimum Gasteiger partial charge on any atom is -0.349 e. The average Bonchev–Trinajstić information content (AvgIpc) is 3.19. The van der Waals surface area contributed by atoms with Gasteiger partial charge in [-0.05, 0) is 44.2 Å². The van der Waals surface area contributed by atoms with Crippen LogP contribution in [0.2, 0.25) is 0 Å². The lowest BCUT2D eigenvalue weighted by atomic mass is 9.85. The van der Waals surface area contributed by atoms with Gasteiger partial charge in [-0.1, -0.05) is 36.8 Å². The van der Waals surface area contributed by atoms with Gasteiger partial charge in [-0.3, -0.25) is 14.3 Å². The van der Waals surface area contributed by atoms with E-state index in [1.54, 1.807) is 16.9 Å². The molecule has 148 valence electrons. The lowest BCUT2D eigenvalue weighted by molar-refractivity contribution is -0.123. The number of likely N-dealkylation sites (tertiary alicyclic amines) is 1. The van der Waals surface area contributed by atoms with Crippen molar-refractivity contribution < 1.29 is 9.59 Å². The van der Waals surface area contributed by atoms with Crippen LogP contribution in [0.4, 0.5) is 0 Å². The van der Waals surface area contributed by atoms with Crippen LogP contribution in [0.15, 0.2) is 42.6 Å². The first-order chi connectivity index (χ1) is 13.5. The number of nitrogens with zero attached hydrogens (tertiary/aromatic N) is 3. The highest BCUT2D eigenvalue weighted by Crippen LogP contribution is 2.39. The van der Waals surface area contributed by atoms with E-state index in [1.807, 2.05) is 30.1 Å². The molecule has 3 heterocycles. The highest BCUT2D eigenvalue weighted by Gasteiger charge is 2.52. The largest absolute Gasteiger partial charge is 0.349 e. The van der Waals surface area contributed by atoms with E-state index in [0.29, 0.717) is 12.1 Å². The number of hydrogen-bond acceptors (Lipinski definition) is 3. The van der Waals surface area contributed by atoms with Gasteiger partial charge in [0.15, 0.2) is 0 Å². The fourth-order valence-electron chi connectivity index (χ4n) is 4.91. The lowest BCUT2D eigenvalue weighted by Crippen LogP contribution is -2.56. The molecule has 0 bridgehead atoms. The Morgan fingerprint density at radius 1 is 1.25 bits per heavy atom. The summed E-state index contributed by atoms with van der Waals surface area (Å²) in [5, 5.41) is 7.61. The Morgan fingerprint density at radius 2 is 2.04 bits per heavy atom. The molecule has 2 fully saturated rings. The second-order valence-corrected chi connectivity index (χ2v) is 8.36. The minimum atomic E-state index is -0.401. The average molecular weight is 380 g/mol. The van der Waals surface area contributed by atoms with Crippen LogP contribution in [0.3, 0.4) is 0 Å². The highest BCUT2D eigenvalue weighted by atomic mass is 16.2. The highest BCUT2D eigenvalue weighted by molar-refractivity contribution is 5.93. The number of nitrogens with one attached hydrogen (secondary N) is 1. The van der Waals surface area contributed by atoms with E-state index < -0.39 is 5.54 Å². The molecule has 6 nitrogen and oxygen atoms in total. The molecule has 0 radical (unpaired) electrons. The predicted octanol–water partition coefficient (Wildman–Crippen LogP) is 2.69. The molecular weight excluding hydrogens is 352 g/mol. The van der Waals surface area contributed by atoms with Crippen molar-refractivity contribution in [2.45, 2.75) is 63.1 Å². The van der Waals surface area contributed by atoms with Crippen molar-refractivity contribution in [2.24, 2.45) is 7.05 Å². The molecule has 2 saturated heterocycles. The number of aryl methyl sites for hydroxylation is 1. The van der Waals surface area contributed by atoms with Gasteiger partial charge in [0.1, 0.15) is 5.69 Å². The fourth-order valence-corrected chi connectivity index (χ4v) is 4.91. The molecule has 1 aromatic carbocycles. The molecule has 1 aromatic heterocycles. The van der Waals surface area contributed by atoms with Gasteiger partial charge in [0.2, 0.25) is 5.91 Å². The van der Waals surface area contributed by atoms with Gasteiger partial charge in [-0.25, -0.2) is 0 Å². The van der Waals surface area contributed by atoms with Crippen LogP contribution >= 0.6 is 0 Å². The molecule has 2 aromatic rings. The smallest absolute Gasteiger partial charge is 0.274 e. The second kappa shape index (κ2) is 7.41. The van der Waals surface area contributed by atoms with Gasteiger partial charge in [-0.2, -0.15) is 5.10 Å². The fraction of sp³-hybridized carbons (Fsp3) is 0.500. The summed E-state index contributed by atoms with van der Waals surface area (Å²) < 4.78 is 1.66. The normalized spacial score (nSPS) is 27.6. The first-order valence-electron chi connectivity index (χ1n) is 10.1. The quantitative estimate of drug-likeness (QED) is 0.890. The second-order valence-electron chi connectivity index (χ2n) is 8.36. The monoisotopic (exact) mass is 380 g/mol. The van der Waals surface area contributed by atoms with Crippen molar-refractivity contribution in [1.29, 1.82) is 0 Å². The first-order valence-corrected chi connectivity index (χ1v) is 10.1. The zero-order valence-electron chi connectivity index (χ0n) is 16.6. The Bertz CT molecular complexity index is 862. The van der Waals surface area contributed by atoms with Crippen molar-refractivity contribution >= 4 is 11.8 Å². The van der Waals surface area contributed by atoms with Gasteiger partial charge in [0, 0.05) is 25.7 Å². The van der Waals surface area contributed by atoms with Crippen LogP contribution in [0.5, 0.6) is 0 Å². The summed E-state index contributed by atoms with van der Waals surface area (Å²) in [5.74, 6) is 0.0582. The Hall–Kier alpha value is -2.63. The van der Waals surface area contributed by atoms with Gasteiger partial charge >= 0.3 is 0 Å². The third-order valence-electron chi connectivity index (χ3n) is 6.16. The van der Waals surface area contributed by atoms with Crippen LogP contribution in [-0.2, 0) is 18.3 Å². The number of benzene rings is 1. The third kappa shape index (κ3) is 3.55. The van der Waals surface area contributed by atoms with Gasteiger partial charge in [0.25, 0.3) is 5.91 Å². The van der Waals surface area contributed by atoms with Crippen molar-refractivity contribution in [1.82, 2.24) is 20.0 Å². The van der Waals surface area contributed by atoms with Crippen LogP contribution in [0, 0.1) is 0 Å². The van der Waals surface area contributed by atoms with Crippen LogP contribution in [0.25, 0.3) is 0 Å². The number of amides is 2. The molecule has 3 atom stereocenters. The summed E-state index contributed by atoms with van der Waals surface area (Å²) >= 11 is 0. The maximum absolute atomic E-state index is 13.5. The molecule has 0 spiro atoms. The standard InChI is InChI=1S/C22H28N4O2/c1-22-15-17(14-16-8-4-3-5-9-16)26(21(28)18-12-13-25(2)24-18)19(22)10-6-7-11-20(27)23-22/h3-5,8-9,12-13,17,19H,6-7,10-11,14-15H2,1-2H3,(H,23,27)/t17-,19+,22+/m1/s1. The van der Waals surface area contributed by atoms with Gasteiger partial charge in [-0.15, -0.1) is 0 Å². The maximum atomic E-state index is 13.5. The van der Waals surface area contributed by atoms with E-state index in [9.17, 15) is 9.59 Å². The number of hydrogen-bond donors (Lipinski definition) is 1. The van der Waals surface area contributed by atoms with Crippen molar-refractivity contribution in [3.8, 4) is 0 Å². The molecule has 2 aliphatic heterocycles. The zero-order valence-corrected chi connectivity index (χ0v) is 16.6. The molecular formula is C22H28N4O2. The van der Waals surface area contributed by atoms with E-state index in [4.69, 9.17) is 0 Å². The molecule has 0 aliphatic carbocycles. The summed E-state index contributed by atoms with van der Waals surface area (Å²) in [5.41, 5.74) is 1.27. The van der Waals surface area contributed by atoms with Gasteiger partial charge in [0.05, 0.1) is 11.6 Å². The van der Waals surface area contributed by atoms with E-state index in [0.717, 1.165) is 32.1 Å². The Labute approximate surface area is 165 Å². The topological polar surface area (TPSA) is 67.2 Å². The molecule has 4 rings (SSSR count). The summed E-state index contributed by atoms with van der Waals surface area (Å²) in [6, 6.07) is 12.1. The van der Waals surface area contributed by atoms with Crippen molar-refractivity contribution in [2.75, 3.05) is 0 Å². The Balaban J connectivity index is 1.69. The molecule has 6 heteroatoms. The number of fused-ring (bicyclic) bond motifs is 1. The predicted molar refractivity (Wildman–Crippen MR) is 107 cm³/mol. The Morgan fingerprint density at radius 3 is 2.75 bits per heavy atom. The first kappa shape index (κ1) is 18.7. The summed E-state index contributed by atoms with van der Waals surface area (Å²) in [4.78, 5) is 27.9. The number of rotatable bonds is 3. The van der Waals surface area contributed by atoms with Crippen LogP contribution in [-0.4, -0.2) is 44.1 Å². The third-order valence-corrected chi connectivity index (χ3v) is 6.16. The lowest BCUT2D eigenvalue weighted by Gasteiger charge is -2.38. The van der Waals surface area contributed by atoms with E-state index in [-0.39, 0.29) is 23.9 Å². The molecule has 28 heavy (non-hydrogen) atoms. The minimum absolute atomic E-state index is 0.0139. The molecule has 0 saturated carbocycles. The Kier molecular flexibility index (Phi) is 4.96. The number of carbonyl (C=O) groups excluding carboxylic acids is 2. The van der Waals surface area contributed by atoms with Crippen LogP contribution < -0.4 is 5.32 Å². The van der Waals surface area contributed by atoms with Crippen LogP contribution in [0.1, 0.15) is 55.1 Å². The summed E-state index contributed by atoms with van der Waals surface area (Å²) in [6.07, 6.45) is 6.64. The summed E-state index contributed by atoms with van der Waals surface area (Å²) in [7, 11) is 1.82. The zero-order chi connectivity index (χ0) is 19.7. The molecule has 2 aliphatic rings.